The van der Waals surface area contributed by atoms with Crippen LogP contribution in [0.2, 0.25) is 0 Å². The van der Waals surface area contributed by atoms with Crippen molar-refractivity contribution in [2.24, 2.45) is 0 Å². The van der Waals surface area contributed by atoms with Crippen LogP contribution in [0.1, 0.15) is 50.5 Å². The highest BCUT2D eigenvalue weighted by molar-refractivity contribution is 7.07. The van der Waals surface area contributed by atoms with Crippen LogP contribution in [-0.4, -0.2) is 30.1 Å². The summed E-state index contributed by atoms with van der Waals surface area (Å²) in [6.45, 7) is 3.54. The number of thiophene rings is 1. The lowest BCUT2D eigenvalue weighted by atomic mass is 9.95. The molecule has 0 bridgehead atoms. The van der Waals surface area contributed by atoms with Gasteiger partial charge < -0.3 is 5.32 Å². The summed E-state index contributed by atoms with van der Waals surface area (Å²) in [6.07, 6.45) is 9.92. The Bertz CT molecular complexity index is 353. The summed E-state index contributed by atoms with van der Waals surface area (Å²) >= 11 is 1.82. The maximum Gasteiger partial charge on any atom is 0.0245 e. The Balaban J connectivity index is 1.40. The molecule has 0 atom stereocenters. The summed E-state index contributed by atoms with van der Waals surface area (Å²) in [5, 5.41) is 8.27. The van der Waals surface area contributed by atoms with Crippen LogP contribution in [0.15, 0.2) is 16.8 Å². The fraction of sp³-hybridized carbons (Fsp3) is 0.750. The molecule has 1 aromatic rings. The molecule has 0 aliphatic heterocycles. The Labute approximate surface area is 121 Å². The molecule has 1 aromatic heterocycles. The molecule has 2 nitrogen and oxygen atoms in total. The molecule has 0 aromatic carbocycles. The Morgan fingerprint density at radius 3 is 2.68 bits per heavy atom. The number of hydrogen-bond donors (Lipinski definition) is 1. The van der Waals surface area contributed by atoms with Crippen molar-refractivity contribution >= 4 is 11.3 Å². The molecule has 19 heavy (non-hydrogen) atoms. The van der Waals surface area contributed by atoms with Crippen molar-refractivity contribution in [2.45, 2.75) is 63.6 Å². The van der Waals surface area contributed by atoms with E-state index in [2.05, 4.69) is 27.0 Å². The van der Waals surface area contributed by atoms with Gasteiger partial charge in [0.15, 0.2) is 0 Å². The molecule has 3 rings (SSSR count). The van der Waals surface area contributed by atoms with Gasteiger partial charge in [0.05, 0.1) is 0 Å². The minimum absolute atomic E-state index is 0.802. The SMILES string of the molecule is c1cc(CN(CCNC2CCCCC2)C2CC2)cs1. The highest BCUT2D eigenvalue weighted by atomic mass is 32.1. The van der Waals surface area contributed by atoms with E-state index in [1.54, 1.807) is 0 Å². The average molecular weight is 278 g/mol. The quantitative estimate of drug-likeness (QED) is 0.819. The summed E-state index contributed by atoms with van der Waals surface area (Å²) in [6, 6.07) is 3.94. The van der Waals surface area contributed by atoms with Crippen molar-refractivity contribution < 1.29 is 0 Å². The zero-order chi connectivity index (χ0) is 12.9. The normalized spacial score (nSPS) is 21.1. The van der Waals surface area contributed by atoms with Gasteiger partial charge in [-0.05, 0) is 48.1 Å². The highest BCUT2D eigenvalue weighted by Gasteiger charge is 2.28. The first-order valence-electron chi connectivity index (χ1n) is 7.90. The van der Waals surface area contributed by atoms with Crippen LogP contribution in [0.3, 0.4) is 0 Å². The van der Waals surface area contributed by atoms with E-state index < -0.39 is 0 Å². The van der Waals surface area contributed by atoms with E-state index in [1.165, 1.54) is 63.6 Å². The van der Waals surface area contributed by atoms with Crippen LogP contribution in [0.25, 0.3) is 0 Å². The second-order valence-electron chi connectivity index (χ2n) is 6.12. The van der Waals surface area contributed by atoms with Gasteiger partial charge in [-0.1, -0.05) is 19.3 Å². The van der Waals surface area contributed by atoms with E-state index in [4.69, 9.17) is 0 Å². The molecule has 1 N–H and O–H groups in total. The topological polar surface area (TPSA) is 15.3 Å². The molecule has 1 heterocycles. The molecule has 3 heteroatoms. The van der Waals surface area contributed by atoms with Crippen molar-refractivity contribution in [2.75, 3.05) is 13.1 Å². The molecule has 0 unspecified atom stereocenters. The number of nitrogens with one attached hydrogen (secondary N) is 1. The van der Waals surface area contributed by atoms with Crippen molar-refractivity contribution in [1.82, 2.24) is 10.2 Å². The Hall–Kier alpha value is -0.380. The summed E-state index contributed by atoms with van der Waals surface area (Å²) in [4.78, 5) is 2.68. The lowest BCUT2D eigenvalue weighted by Crippen LogP contribution is -2.38. The minimum Gasteiger partial charge on any atom is -0.313 e. The standard InChI is InChI=1S/C16H26N2S/c1-2-4-15(5-3-1)17-9-10-18(16-6-7-16)12-14-8-11-19-13-14/h8,11,13,15-17H,1-7,9-10,12H2. The third kappa shape index (κ3) is 4.30. The fourth-order valence-corrected chi connectivity index (χ4v) is 3.83. The minimum atomic E-state index is 0.802. The molecule has 2 saturated carbocycles. The van der Waals surface area contributed by atoms with Crippen molar-refractivity contribution in [3.05, 3.63) is 22.4 Å². The monoisotopic (exact) mass is 278 g/mol. The van der Waals surface area contributed by atoms with E-state index in [9.17, 15) is 0 Å². The predicted molar refractivity (Wildman–Crippen MR) is 82.6 cm³/mol. The van der Waals surface area contributed by atoms with Gasteiger partial charge in [-0.15, -0.1) is 0 Å². The predicted octanol–water partition coefficient (Wildman–Crippen LogP) is 3.63. The zero-order valence-electron chi connectivity index (χ0n) is 11.8. The lowest BCUT2D eigenvalue weighted by Gasteiger charge is -2.26. The second-order valence-corrected chi connectivity index (χ2v) is 6.90. The zero-order valence-corrected chi connectivity index (χ0v) is 12.6. The largest absolute Gasteiger partial charge is 0.313 e. The summed E-state index contributed by atoms with van der Waals surface area (Å²) < 4.78 is 0. The van der Waals surface area contributed by atoms with Crippen LogP contribution in [0, 0.1) is 0 Å². The van der Waals surface area contributed by atoms with E-state index >= 15 is 0 Å². The molecule has 2 aliphatic carbocycles. The fourth-order valence-electron chi connectivity index (χ4n) is 3.17. The molecule has 2 fully saturated rings. The summed E-state index contributed by atoms with van der Waals surface area (Å²) in [5.41, 5.74) is 1.49. The first kappa shape index (κ1) is 13.6. The van der Waals surface area contributed by atoms with E-state index in [1.807, 2.05) is 11.3 Å². The van der Waals surface area contributed by atoms with Crippen molar-refractivity contribution in [1.29, 1.82) is 0 Å². The van der Waals surface area contributed by atoms with Gasteiger partial charge >= 0.3 is 0 Å². The van der Waals surface area contributed by atoms with Crippen molar-refractivity contribution in [3.8, 4) is 0 Å². The van der Waals surface area contributed by atoms with E-state index in [0.717, 1.165) is 18.6 Å². The molecule has 2 aliphatic rings. The van der Waals surface area contributed by atoms with Gasteiger partial charge in [0, 0.05) is 31.7 Å². The second kappa shape index (κ2) is 6.87. The van der Waals surface area contributed by atoms with Crippen LogP contribution in [0.5, 0.6) is 0 Å². The van der Waals surface area contributed by atoms with Crippen molar-refractivity contribution in [3.63, 3.8) is 0 Å². The summed E-state index contributed by atoms with van der Waals surface area (Å²) in [5.74, 6) is 0. The van der Waals surface area contributed by atoms with Gasteiger partial charge in [0.2, 0.25) is 0 Å². The van der Waals surface area contributed by atoms with Gasteiger partial charge in [-0.3, -0.25) is 4.90 Å². The molecule has 0 spiro atoms. The third-order valence-corrected chi connectivity index (χ3v) is 5.20. The van der Waals surface area contributed by atoms with Crippen LogP contribution in [-0.2, 0) is 6.54 Å². The number of rotatable bonds is 7. The Morgan fingerprint density at radius 1 is 1.16 bits per heavy atom. The molecule has 0 saturated heterocycles. The van der Waals surface area contributed by atoms with Crippen LogP contribution < -0.4 is 5.32 Å². The molecule has 0 radical (unpaired) electrons. The Kier molecular flexibility index (Phi) is 4.91. The smallest absolute Gasteiger partial charge is 0.0245 e. The molecular formula is C16H26N2S. The number of hydrogen-bond acceptors (Lipinski definition) is 3. The first-order valence-corrected chi connectivity index (χ1v) is 8.84. The number of nitrogens with zero attached hydrogens (tertiary/aromatic N) is 1. The van der Waals surface area contributed by atoms with Crippen LogP contribution >= 0.6 is 11.3 Å². The highest BCUT2D eigenvalue weighted by Crippen LogP contribution is 2.28. The Morgan fingerprint density at radius 2 is 2.00 bits per heavy atom. The lowest BCUT2D eigenvalue weighted by molar-refractivity contribution is 0.245. The van der Waals surface area contributed by atoms with Crippen LogP contribution in [0.4, 0.5) is 0 Å². The summed E-state index contributed by atoms with van der Waals surface area (Å²) in [7, 11) is 0. The first-order chi connectivity index (χ1) is 9.42. The third-order valence-electron chi connectivity index (χ3n) is 4.47. The van der Waals surface area contributed by atoms with Gasteiger partial charge in [0.1, 0.15) is 0 Å². The van der Waals surface area contributed by atoms with Gasteiger partial charge in [-0.25, -0.2) is 0 Å². The molecule has 106 valence electrons. The maximum atomic E-state index is 3.78. The van der Waals surface area contributed by atoms with Gasteiger partial charge in [-0.2, -0.15) is 11.3 Å². The molecule has 0 amide bonds. The molecular weight excluding hydrogens is 252 g/mol. The van der Waals surface area contributed by atoms with E-state index in [0.29, 0.717) is 0 Å². The average Bonchev–Trinajstić information content (AvgIpc) is 3.17. The maximum absolute atomic E-state index is 3.78. The van der Waals surface area contributed by atoms with E-state index in [-0.39, 0.29) is 0 Å². The van der Waals surface area contributed by atoms with Gasteiger partial charge in [0.25, 0.3) is 0 Å².